The number of ether oxygens (including phenoxy) is 4. The summed E-state index contributed by atoms with van der Waals surface area (Å²) in [6.07, 6.45) is 14.1. The molecule has 390 valence electrons. The van der Waals surface area contributed by atoms with Gasteiger partial charge < -0.3 is 49.8 Å². The Morgan fingerprint density at radius 2 is 1.60 bits per heavy atom. The second-order valence-electron chi connectivity index (χ2n) is 21.1. The summed E-state index contributed by atoms with van der Waals surface area (Å²) in [6.45, 7) is 11.5. The first-order valence-corrected chi connectivity index (χ1v) is 25.9. The van der Waals surface area contributed by atoms with E-state index in [0.29, 0.717) is 76.2 Å². The highest BCUT2D eigenvalue weighted by Gasteiger charge is 2.53. The summed E-state index contributed by atoms with van der Waals surface area (Å²) in [7, 11) is 5.02. The van der Waals surface area contributed by atoms with E-state index < -0.39 is 77.9 Å². The first-order valence-electron chi connectivity index (χ1n) is 25.9. The van der Waals surface area contributed by atoms with Crippen molar-refractivity contribution in [3.63, 3.8) is 0 Å². The number of Topliss-reactive ketones (excluding diaryl/α,β-unsaturated/α-hetero) is 2. The molecule has 2 bridgehead atoms. The van der Waals surface area contributed by atoms with Gasteiger partial charge in [0.25, 0.3) is 11.7 Å². The summed E-state index contributed by atoms with van der Waals surface area (Å²) < 4.78 is 24.0. The van der Waals surface area contributed by atoms with E-state index in [9.17, 15) is 34.5 Å². The van der Waals surface area contributed by atoms with Crippen LogP contribution in [-0.4, -0.2) is 132 Å². The van der Waals surface area contributed by atoms with Crippen LogP contribution >= 0.6 is 0 Å². The first-order chi connectivity index (χ1) is 33.3. The highest BCUT2D eigenvalue weighted by molar-refractivity contribution is 6.39. The quantitative estimate of drug-likeness (QED) is 0.122. The molecule has 1 aliphatic carbocycles. The minimum atomic E-state index is -2.41. The van der Waals surface area contributed by atoms with Gasteiger partial charge in [-0.3, -0.25) is 14.4 Å². The van der Waals surface area contributed by atoms with Crippen LogP contribution in [0.25, 0.3) is 0 Å². The smallest absolute Gasteiger partial charge is 0.329 e. The van der Waals surface area contributed by atoms with Crippen molar-refractivity contribution in [2.45, 2.75) is 186 Å². The molecule has 14 nitrogen and oxygen atoms in total. The number of cyclic esters (lactones) is 1. The van der Waals surface area contributed by atoms with Crippen molar-refractivity contribution in [1.29, 1.82) is 0 Å². The van der Waals surface area contributed by atoms with Gasteiger partial charge >= 0.3 is 5.97 Å². The van der Waals surface area contributed by atoms with Crippen molar-refractivity contribution >= 4 is 29.1 Å². The number of para-hydroxylation sites is 1. The zero-order chi connectivity index (χ0) is 51.3. The Morgan fingerprint density at radius 3 is 2.30 bits per heavy atom. The molecule has 5 N–H and O–H groups in total. The lowest BCUT2D eigenvalue weighted by Gasteiger charge is -2.43. The number of allylic oxidation sites excluding steroid dienone is 5. The average molecular weight is 976 g/mol. The number of aliphatic hydroxyl groups excluding tert-OH is 2. The van der Waals surface area contributed by atoms with Crippen LogP contribution in [0, 0.1) is 29.6 Å². The van der Waals surface area contributed by atoms with Crippen molar-refractivity contribution in [2.24, 2.45) is 35.3 Å². The van der Waals surface area contributed by atoms with E-state index in [1.54, 1.807) is 27.0 Å². The summed E-state index contributed by atoms with van der Waals surface area (Å²) in [5.74, 6) is -6.32. The number of amides is 1. The number of nitrogens with zero attached hydrogens (tertiary/aromatic N) is 2. The van der Waals surface area contributed by atoms with Crippen molar-refractivity contribution in [1.82, 2.24) is 4.90 Å². The van der Waals surface area contributed by atoms with E-state index in [2.05, 4.69) is 4.90 Å². The van der Waals surface area contributed by atoms with Crippen LogP contribution in [0.4, 0.5) is 5.69 Å². The normalized spacial score (nSPS) is 38.2. The molecule has 3 unspecified atom stereocenters. The number of hydrogen-bond acceptors (Lipinski definition) is 13. The number of methoxy groups -OCH3 is 2. The van der Waals surface area contributed by atoms with Gasteiger partial charge in [0.15, 0.2) is 5.78 Å². The molecule has 1 amide bonds. The van der Waals surface area contributed by atoms with Crippen LogP contribution in [0.1, 0.15) is 125 Å². The Kier molecular flexibility index (Phi) is 21.6. The Hall–Kier alpha value is -4.02. The van der Waals surface area contributed by atoms with E-state index in [1.807, 2.05) is 95.5 Å². The monoisotopic (exact) mass is 976 g/mol. The predicted molar refractivity (Wildman–Crippen MR) is 271 cm³/mol. The molecule has 15 atom stereocenters. The highest BCUT2D eigenvalue weighted by Crippen LogP contribution is 2.38. The minimum Gasteiger partial charge on any atom is -0.461 e. The number of piperidine rings is 1. The molecule has 70 heavy (non-hydrogen) atoms. The third-order valence-corrected chi connectivity index (χ3v) is 15.7. The van der Waals surface area contributed by atoms with Gasteiger partial charge in [-0.25, -0.2) is 4.79 Å². The minimum absolute atomic E-state index is 0.0388. The van der Waals surface area contributed by atoms with Crippen LogP contribution in [0.5, 0.6) is 0 Å². The number of hydrogen-bond donors (Lipinski definition) is 4. The molecule has 1 saturated carbocycles. The number of benzene rings is 1. The Balaban J connectivity index is 1.49. The van der Waals surface area contributed by atoms with Crippen LogP contribution in [0.3, 0.4) is 0 Å². The number of fused-ring (bicyclic) bond motifs is 3. The fraction of sp³-hybridized carbons (Fsp3) is 0.679. The van der Waals surface area contributed by atoms with E-state index in [1.165, 1.54) is 12.0 Å². The van der Waals surface area contributed by atoms with Gasteiger partial charge in [0, 0.05) is 51.4 Å². The fourth-order valence-corrected chi connectivity index (χ4v) is 11.2. The number of nitrogens with two attached hydrogens (primary N) is 1. The zero-order valence-corrected chi connectivity index (χ0v) is 43.4. The number of ketones is 2. The van der Waals surface area contributed by atoms with Gasteiger partial charge in [0.1, 0.15) is 24.4 Å². The first kappa shape index (κ1) is 56.9. The number of likely N-dealkylation sites (N-methyl/N-ethyl adjacent to an activating group) is 1. The zero-order valence-electron chi connectivity index (χ0n) is 43.4. The molecule has 14 heteroatoms. The maximum Gasteiger partial charge on any atom is 0.329 e. The summed E-state index contributed by atoms with van der Waals surface area (Å²) in [6, 6.07) is 8.08. The van der Waals surface area contributed by atoms with E-state index in [0.717, 1.165) is 17.7 Å². The lowest BCUT2D eigenvalue weighted by molar-refractivity contribution is -0.263. The molecule has 3 fully saturated rings. The highest BCUT2D eigenvalue weighted by atomic mass is 16.6. The molecule has 1 aromatic carbocycles. The molecular formula is C56H85N3O11. The maximum absolute atomic E-state index is 14.5. The van der Waals surface area contributed by atoms with Crippen LogP contribution < -0.4 is 10.6 Å². The van der Waals surface area contributed by atoms with Gasteiger partial charge in [0.2, 0.25) is 5.79 Å². The summed E-state index contributed by atoms with van der Waals surface area (Å²) in [4.78, 5) is 60.7. The Morgan fingerprint density at radius 1 is 0.871 bits per heavy atom. The molecule has 2 saturated heterocycles. The van der Waals surface area contributed by atoms with Gasteiger partial charge in [-0.1, -0.05) is 87.9 Å². The van der Waals surface area contributed by atoms with E-state index in [-0.39, 0.29) is 48.6 Å². The predicted octanol–water partition coefficient (Wildman–Crippen LogP) is 7.18. The molecule has 0 radical (unpaired) electrons. The van der Waals surface area contributed by atoms with Crippen molar-refractivity contribution in [3.8, 4) is 0 Å². The van der Waals surface area contributed by atoms with Gasteiger partial charge in [-0.05, 0) is 133 Å². The molecule has 4 aliphatic rings. The third-order valence-electron chi connectivity index (χ3n) is 15.7. The molecule has 1 aromatic rings. The van der Waals surface area contributed by atoms with Crippen molar-refractivity contribution < 1.29 is 53.4 Å². The SMILES string of the molecule is CO[C@@H]1C[C@H](C[C@@H](C)[C@@H]2CC[C@H](N)/C=C(\C)[C@@H](O)[C@@H](OC)C(=O)[C@H](C)C[C@H](C)/C=C/C=C/C=C(\C)C(N(C)c3ccccc3)CC3CC[C@@H](C)[C@@](O)(O3)C(=O)C(=O)N3CCCCC3C(=O)O2)CC[C@H]1O. The lowest BCUT2D eigenvalue weighted by Crippen LogP contribution is -2.61. The second kappa shape index (κ2) is 26.6. The van der Waals surface area contributed by atoms with Crippen LogP contribution in [-0.2, 0) is 38.1 Å². The largest absolute Gasteiger partial charge is 0.461 e. The summed E-state index contributed by atoms with van der Waals surface area (Å²) >= 11 is 0. The molecular weight excluding hydrogens is 891 g/mol. The Labute approximate surface area is 417 Å². The lowest BCUT2D eigenvalue weighted by atomic mass is 9.78. The van der Waals surface area contributed by atoms with Gasteiger partial charge in [-0.2, -0.15) is 0 Å². The second-order valence-corrected chi connectivity index (χ2v) is 21.1. The standard InChI is InChI=1S/C56H85N3O11/c1-35-18-12-10-13-19-36(2)46(58(7)43-20-14-11-15-21-43)34-44-26-23-40(6)56(66,70-44)53(63)54(64)59-29-17-16-22-45(59)55(65)69-48(37(3)31-41-24-27-47(60)49(33-41)67-8)28-25-42(57)32-39(5)51(62)52(68-9)50(61)38(4)30-35/h10-15,18-21,32,35,37-38,40-42,44-49,51-52,60,62,66H,16-17,22-31,33-34,57H2,1-9H3/b13-10+,18-12+,36-19+,39-32+/t35-,37-,38-,40-,41+,42+,44?,45?,46?,47-,48+,49-,51-,52+,56-/m1/s1. The summed E-state index contributed by atoms with van der Waals surface area (Å²) in [5.41, 5.74) is 9.18. The third kappa shape index (κ3) is 14.8. The number of carbonyl (C=O) groups excluding carboxylic acids is 4. The Bertz CT molecular complexity index is 2010. The fourth-order valence-electron chi connectivity index (χ4n) is 11.2. The number of anilines is 1. The number of aliphatic hydroxyl groups is 3. The summed E-state index contributed by atoms with van der Waals surface area (Å²) in [5, 5.41) is 34.2. The average Bonchev–Trinajstić information content (AvgIpc) is 3.35. The van der Waals surface area contributed by atoms with E-state index in [4.69, 9.17) is 24.7 Å². The molecule has 0 aromatic heterocycles. The van der Waals surface area contributed by atoms with Gasteiger partial charge in [-0.15, -0.1) is 0 Å². The molecule has 5 rings (SSSR count). The van der Waals surface area contributed by atoms with Gasteiger partial charge in [0.05, 0.1) is 24.4 Å². The molecule has 3 heterocycles. The van der Waals surface area contributed by atoms with Crippen LogP contribution in [0.2, 0.25) is 0 Å². The number of carbonyl (C=O) groups is 4. The topological polar surface area (TPSA) is 198 Å². The maximum atomic E-state index is 14.5. The van der Waals surface area contributed by atoms with Crippen molar-refractivity contribution in [2.75, 3.05) is 32.7 Å². The molecule has 3 aliphatic heterocycles. The van der Waals surface area contributed by atoms with Crippen molar-refractivity contribution in [3.05, 3.63) is 77.9 Å². The van der Waals surface area contributed by atoms with Crippen LogP contribution in [0.15, 0.2) is 77.9 Å². The number of rotatable bonds is 7. The molecule has 0 spiro atoms. The van der Waals surface area contributed by atoms with E-state index >= 15 is 0 Å². The number of esters is 1.